The second-order valence-corrected chi connectivity index (χ2v) is 7.26. The van der Waals surface area contributed by atoms with E-state index in [1.807, 2.05) is 0 Å². The Balaban J connectivity index is 0.00000288. The van der Waals surface area contributed by atoms with Crippen LogP contribution in [0.5, 0.6) is 0 Å². The number of likely N-dealkylation sites (N-methyl/N-ethyl adjacent to an activating group) is 1. The lowest BCUT2D eigenvalue weighted by atomic mass is 10.1. The van der Waals surface area contributed by atoms with E-state index in [4.69, 9.17) is 4.74 Å². The molecule has 1 aromatic rings. The molecular weight excluding hydrogens is 354 g/mol. The van der Waals surface area contributed by atoms with E-state index in [9.17, 15) is 13.2 Å². The predicted octanol–water partition coefficient (Wildman–Crippen LogP) is 0.387. The molecule has 1 saturated heterocycles. The molecule has 2 N–H and O–H groups in total. The first-order valence-electron chi connectivity index (χ1n) is 7.58. The molecule has 0 radical (unpaired) electrons. The summed E-state index contributed by atoms with van der Waals surface area (Å²) in [6, 6.07) is 4.76. The molecule has 24 heavy (non-hydrogen) atoms. The Morgan fingerprint density at radius 2 is 1.92 bits per heavy atom. The number of rotatable bonds is 6. The summed E-state index contributed by atoms with van der Waals surface area (Å²) < 4.78 is 32.1. The highest BCUT2D eigenvalue weighted by Gasteiger charge is 2.28. The molecule has 1 fully saturated rings. The molecule has 136 valence electrons. The second-order valence-electron chi connectivity index (χ2n) is 5.36. The summed E-state index contributed by atoms with van der Waals surface area (Å²) >= 11 is 0. The first-order chi connectivity index (χ1) is 11.0. The number of aryl methyl sites for hydroxylation is 1. The third kappa shape index (κ3) is 4.90. The van der Waals surface area contributed by atoms with Crippen molar-refractivity contribution in [3.63, 3.8) is 0 Å². The largest absolute Gasteiger partial charge is 0.379 e. The number of hydrogen-bond donors (Lipinski definition) is 2. The van der Waals surface area contributed by atoms with Crippen molar-refractivity contribution in [1.29, 1.82) is 0 Å². The summed E-state index contributed by atoms with van der Waals surface area (Å²) in [5.74, 6) is -0.279. The lowest BCUT2D eigenvalue weighted by Gasteiger charge is -2.26. The van der Waals surface area contributed by atoms with Gasteiger partial charge in [-0.25, -0.2) is 8.42 Å². The minimum atomic E-state index is -3.61. The van der Waals surface area contributed by atoms with Gasteiger partial charge in [0, 0.05) is 31.7 Å². The molecular formula is C15H24ClN3O4S. The molecule has 0 aliphatic carbocycles. The van der Waals surface area contributed by atoms with E-state index in [1.165, 1.54) is 10.4 Å². The van der Waals surface area contributed by atoms with Crippen LogP contribution in [0.25, 0.3) is 0 Å². The molecule has 0 aromatic heterocycles. The maximum Gasteiger partial charge on any atom is 0.251 e. The van der Waals surface area contributed by atoms with Gasteiger partial charge >= 0.3 is 0 Å². The zero-order valence-corrected chi connectivity index (χ0v) is 15.5. The van der Waals surface area contributed by atoms with Crippen LogP contribution in [0.15, 0.2) is 23.1 Å². The van der Waals surface area contributed by atoms with Crippen molar-refractivity contribution in [3.8, 4) is 0 Å². The number of halogens is 1. The van der Waals surface area contributed by atoms with E-state index in [1.54, 1.807) is 26.1 Å². The van der Waals surface area contributed by atoms with Crippen molar-refractivity contribution >= 4 is 28.3 Å². The summed E-state index contributed by atoms with van der Waals surface area (Å²) in [5, 5.41) is 5.68. The average molecular weight is 378 g/mol. The number of sulfonamides is 1. The first-order valence-corrected chi connectivity index (χ1v) is 9.02. The van der Waals surface area contributed by atoms with E-state index < -0.39 is 10.0 Å². The summed E-state index contributed by atoms with van der Waals surface area (Å²) in [5.41, 5.74) is 0.974. The first kappa shape index (κ1) is 20.9. The fourth-order valence-corrected chi connectivity index (χ4v) is 4.01. The fraction of sp³-hybridized carbons (Fsp3) is 0.533. The maximum absolute atomic E-state index is 12.8. The third-order valence-corrected chi connectivity index (χ3v) is 5.74. The minimum absolute atomic E-state index is 0. The Labute approximate surface area is 149 Å². The highest BCUT2D eigenvalue weighted by Crippen LogP contribution is 2.22. The molecule has 1 aliphatic heterocycles. The number of nitrogens with zero attached hydrogens (tertiary/aromatic N) is 1. The Kier molecular flexibility index (Phi) is 8.11. The Morgan fingerprint density at radius 3 is 2.54 bits per heavy atom. The van der Waals surface area contributed by atoms with E-state index in [0.29, 0.717) is 50.5 Å². The molecule has 1 heterocycles. The summed E-state index contributed by atoms with van der Waals surface area (Å²) in [6.07, 6.45) is 0. The van der Waals surface area contributed by atoms with Gasteiger partial charge in [-0.2, -0.15) is 4.31 Å². The third-order valence-electron chi connectivity index (χ3n) is 3.70. The van der Waals surface area contributed by atoms with Crippen LogP contribution in [0.2, 0.25) is 0 Å². The van der Waals surface area contributed by atoms with Gasteiger partial charge in [-0.05, 0) is 31.7 Å². The van der Waals surface area contributed by atoms with Gasteiger partial charge in [0.2, 0.25) is 10.0 Å². The van der Waals surface area contributed by atoms with Gasteiger partial charge in [0.1, 0.15) is 0 Å². The second kappa shape index (κ2) is 9.33. The molecule has 7 nitrogen and oxygen atoms in total. The molecule has 0 unspecified atom stereocenters. The van der Waals surface area contributed by atoms with E-state index in [-0.39, 0.29) is 23.2 Å². The van der Waals surface area contributed by atoms with Crippen LogP contribution >= 0.6 is 12.4 Å². The number of carbonyl (C=O) groups excluding carboxylic acids is 1. The van der Waals surface area contributed by atoms with Gasteiger partial charge in [-0.3, -0.25) is 4.79 Å². The van der Waals surface area contributed by atoms with Crippen LogP contribution in [0.3, 0.4) is 0 Å². The quantitative estimate of drug-likeness (QED) is 0.700. The van der Waals surface area contributed by atoms with Crippen molar-refractivity contribution < 1.29 is 17.9 Å². The highest BCUT2D eigenvalue weighted by atomic mass is 35.5. The lowest BCUT2D eigenvalue weighted by Crippen LogP contribution is -2.41. The monoisotopic (exact) mass is 377 g/mol. The summed E-state index contributed by atoms with van der Waals surface area (Å²) in [4.78, 5) is 12.3. The summed E-state index contributed by atoms with van der Waals surface area (Å²) in [7, 11) is -1.82. The van der Waals surface area contributed by atoms with Crippen LogP contribution in [-0.2, 0) is 14.8 Å². The van der Waals surface area contributed by atoms with E-state index >= 15 is 0 Å². The van der Waals surface area contributed by atoms with Gasteiger partial charge in [0.15, 0.2) is 0 Å². The van der Waals surface area contributed by atoms with Crippen molar-refractivity contribution in [3.05, 3.63) is 29.3 Å². The van der Waals surface area contributed by atoms with Crippen LogP contribution in [-0.4, -0.2) is 65.1 Å². The number of nitrogens with one attached hydrogen (secondary N) is 2. The van der Waals surface area contributed by atoms with Gasteiger partial charge in [0.25, 0.3) is 5.91 Å². The molecule has 0 atom stereocenters. The Hall–Kier alpha value is -1.19. The number of morpholine rings is 1. The maximum atomic E-state index is 12.8. The smallest absolute Gasteiger partial charge is 0.251 e. The molecule has 0 saturated carbocycles. The van der Waals surface area contributed by atoms with Crippen molar-refractivity contribution in [2.75, 3.05) is 46.4 Å². The zero-order chi connectivity index (χ0) is 16.9. The van der Waals surface area contributed by atoms with Crippen LogP contribution in [0, 0.1) is 6.92 Å². The van der Waals surface area contributed by atoms with Gasteiger partial charge in [0.05, 0.1) is 18.1 Å². The SMILES string of the molecule is CNCCNC(=O)c1ccc(C)c(S(=O)(=O)N2CCOCC2)c1.Cl. The predicted molar refractivity (Wildman–Crippen MR) is 94.3 cm³/mol. The van der Waals surface area contributed by atoms with Gasteiger partial charge in [-0.1, -0.05) is 6.07 Å². The lowest BCUT2D eigenvalue weighted by molar-refractivity contribution is 0.0730. The van der Waals surface area contributed by atoms with Crippen LogP contribution in [0.4, 0.5) is 0 Å². The van der Waals surface area contributed by atoms with E-state index in [2.05, 4.69) is 10.6 Å². The van der Waals surface area contributed by atoms with Crippen LogP contribution < -0.4 is 10.6 Å². The van der Waals surface area contributed by atoms with Gasteiger partial charge in [-0.15, -0.1) is 12.4 Å². The molecule has 1 aliphatic rings. The Morgan fingerprint density at radius 1 is 1.25 bits per heavy atom. The number of carbonyl (C=O) groups is 1. The molecule has 0 bridgehead atoms. The number of ether oxygens (including phenoxy) is 1. The number of amides is 1. The topological polar surface area (TPSA) is 87.7 Å². The van der Waals surface area contributed by atoms with E-state index in [0.717, 1.165) is 0 Å². The highest BCUT2D eigenvalue weighted by molar-refractivity contribution is 7.89. The molecule has 0 spiro atoms. The van der Waals surface area contributed by atoms with Crippen molar-refractivity contribution in [2.45, 2.75) is 11.8 Å². The molecule has 1 aromatic carbocycles. The molecule has 2 rings (SSSR count). The Bertz CT molecular complexity index is 661. The fourth-order valence-electron chi connectivity index (χ4n) is 2.35. The molecule has 9 heteroatoms. The average Bonchev–Trinajstić information content (AvgIpc) is 2.56. The van der Waals surface area contributed by atoms with Crippen molar-refractivity contribution in [2.24, 2.45) is 0 Å². The van der Waals surface area contributed by atoms with Gasteiger partial charge < -0.3 is 15.4 Å². The standard InChI is InChI=1S/C15H23N3O4S.ClH/c1-12-3-4-13(15(19)17-6-5-16-2)11-14(12)23(20,21)18-7-9-22-10-8-18;/h3-4,11,16H,5-10H2,1-2H3,(H,17,19);1H. The molecule has 1 amide bonds. The van der Waals surface area contributed by atoms with Crippen LogP contribution in [0.1, 0.15) is 15.9 Å². The summed E-state index contributed by atoms with van der Waals surface area (Å²) in [6.45, 7) is 4.31. The van der Waals surface area contributed by atoms with Crippen molar-refractivity contribution in [1.82, 2.24) is 14.9 Å². The minimum Gasteiger partial charge on any atom is -0.379 e. The normalized spacial score (nSPS) is 15.6. The number of benzene rings is 1. The zero-order valence-electron chi connectivity index (χ0n) is 13.9. The number of hydrogen-bond acceptors (Lipinski definition) is 5.